The van der Waals surface area contributed by atoms with Crippen LogP contribution in [0.25, 0.3) is 26.3 Å². The Morgan fingerprint density at radius 3 is 2.46 bits per heavy atom. The number of morpholine rings is 1. The molecule has 0 saturated carbocycles. The Hall–Kier alpha value is -4.06. The molecule has 4 heterocycles. The maximum Gasteiger partial charge on any atom is 0.283 e. The first-order chi connectivity index (χ1) is 19.8. The van der Waals surface area contributed by atoms with Crippen LogP contribution in [0.15, 0.2) is 58.1 Å². The molecule has 5 aromatic rings. The van der Waals surface area contributed by atoms with Crippen molar-refractivity contribution in [2.24, 2.45) is 0 Å². The summed E-state index contributed by atoms with van der Waals surface area (Å²) in [6, 6.07) is 15.0. The first-order valence-electron chi connectivity index (χ1n) is 13.7. The summed E-state index contributed by atoms with van der Waals surface area (Å²) in [5, 5.41) is 3.81. The van der Waals surface area contributed by atoms with E-state index in [1.54, 1.807) is 16.2 Å². The van der Waals surface area contributed by atoms with Gasteiger partial charge in [0.15, 0.2) is 0 Å². The third-order valence-electron chi connectivity index (χ3n) is 7.48. The first-order valence-corrected chi connectivity index (χ1v) is 14.5. The number of rotatable bonds is 7. The molecule has 0 bridgehead atoms. The molecule has 3 aromatic heterocycles. The molecule has 1 fully saturated rings. The van der Waals surface area contributed by atoms with Crippen molar-refractivity contribution in [3.05, 3.63) is 86.1 Å². The van der Waals surface area contributed by atoms with Crippen molar-refractivity contribution in [2.75, 3.05) is 38.2 Å². The zero-order valence-electron chi connectivity index (χ0n) is 23.3. The molecule has 10 nitrogen and oxygen atoms in total. The van der Waals surface area contributed by atoms with Gasteiger partial charge in [-0.15, -0.1) is 0 Å². The molecular weight excluding hydrogens is 540 g/mol. The van der Waals surface area contributed by atoms with Gasteiger partial charge in [0.05, 0.1) is 34.3 Å². The van der Waals surface area contributed by atoms with Gasteiger partial charge in [0.2, 0.25) is 11.0 Å². The Morgan fingerprint density at radius 1 is 1.00 bits per heavy atom. The van der Waals surface area contributed by atoms with Gasteiger partial charge in [0, 0.05) is 43.6 Å². The highest BCUT2D eigenvalue weighted by atomic mass is 32.1. The van der Waals surface area contributed by atoms with Gasteiger partial charge >= 0.3 is 0 Å². The van der Waals surface area contributed by atoms with Gasteiger partial charge in [-0.2, -0.15) is 4.68 Å². The van der Waals surface area contributed by atoms with Crippen LogP contribution in [0.3, 0.4) is 0 Å². The van der Waals surface area contributed by atoms with E-state index in [9.17, 15) is 14.4 Å². The van der Waals surface area contributed by atoms with Gasteiger partial charge < -0.3 is 14.6 Å². The number of carbonyl (C=O) groups excluding carboxylic acids is 1. The number of ether oxygens (including phenoxy) is 1. The van der Waals surface area contributed by atoms with E-state index in [1.165, 1.54) is 22.1 Å². The highest BCUT2D eigenvalue weighted by Gasteiger charge is 2.23. The molecule has 1 amide bonds. The number of nitrogens with zero attached hydrogens (tertiary/aromatic N) is 5. The van der Waals surface area contributed by atoms with Crippen molar-refractivity contribution in [1.29, 1.82) is 0 Å². The van der Waals surface area contributed by atoms with E-state index in [1.807, 2.05) is 56.3 Å². The number of thiazole rings is 1. The van der Waals surface area contributed by atoms with E-state index in [-0.39, 0.29) is 23.6 Å². The minimum absolute atomic E-state index is 0.168. The Morgan fingerprint density at radius 2 is 1.73 bits per heavy atom. The molecule has 6 rings (SSSR count). The lowest BCUT2D eigenvalue weighted by Gasteiger charge is -2.27. The molecule has 0 atom stereocenters. The van der Waals surface area contributed by atoms with Gasteiger partial charge in [0.25, 0.3) is 11.1 Å². The molecule has 0 spiro atoms. The molecule has 1 N–H and O–H groups in total. The molecular formula is C30H32N6O4S. The molecule has 0 unspecified atom stereocenters. The smallest absolute Gasteiger partial charge is 0.283 e. The Kier molecular flexibility index (Phi) is 7.33. The SMILES string of the molecule is Cc1cc(C)cc(NC(=O)Cn2c3cc(=O)n(CCN4CCOCC4)c(C)c3c(=O)n2-c2nc3ccccc3s2)c1. The van der Waals surface area contributed by atoms with Crippen LogP contribution in [-0.2, 0) is 22.6 Å². The molecule has 0 aliphatic carbocycles. The lowest BCUT2D eigenvalue weighted by molar-refractivity contribution is -0.116. The second kappa shape index (κ2) is 11.1. The van der Waals surface area contributed by atoms with Crippen molar-refractivity contribution in [3.8, 4) is 5.13 Å². The lowest BCUT2D eigenvalue weighted by Crippen LogP contribution is -2.39. The normalized spacial score (nSPS) is 14.2. The van der Waals surface area contributed by atoms with Crippen molar-refractivity contribution < 1.29 is 9.53 Å². The summed E-state index contributed by atoms with van der Waals surface area (Å²) in [6.07, 6.45) is 0. The van der Waals surface area contributed by atoms with Crippen molar-refractivity contribution in [2.45, 2.75) is 33.9 Å². The van der Waals surface area contributed by atoms with Crippen LogP contribution in [0.1, 0.15) is 16.8 Å². The number of para-hydroxylation sites is 1. The molecule has 212 valence electrons. The number of hydrogen-bond acceptors (Lipinski definition) is 7. The van der Waals surface area contributed by atoms with Crippen LogP contribution in [0.5, 0.6) is 0 Å². The number of nitrogens with one attached hydrogen (secondary N) is 1. The van der Waals surface area contributed by atoms with E-state index in [2.05, 4.69) is 10.2 Å². The number of anilines is 1. The van der Waals surface area contributed by atoms with Crippen molar-refractivity contribution in [3.63, 3.8) is 0 Å². The minimum atomic E-state index is -0.309. The maximum absolute atomic E-state index is 14.1. The predicted octanol–water partition coefficient (Wildman–Crippen LogP) is 3.46. The van der Waals surface area contributed by atoms with Crippen LogP contribution >= 0.6 is 11.3 Å². The van der Waals surface area contributed by atoms with Gasteiger partial charge in [-0.3, -0.25) is 24.0 Å². The van der Waals surface area contributed by atoms with Gasteiger partial charge in [0.1, 0.15) is 6.54 Å². The van der Waals surface area contributed by atoms with Crippen LogP contribution in [0.4, 0.5) is 5.69 Å². The molecule has 41 heavy (non-hydrogen) atoms. The number of benzene rings is 2. The molecule has 1 saturated heterocycles. The van der Waals surface area contributed by atoms with Gasteiger partial charge in [-0.05, 0) is 56.2 Å². The first kappa shape index (κ1) is 27.1. The number of aryl methyl sites for hydroxylation is 3. The fraction of sp³-hybridized carbons (Fsp3) is 0.333. The highest BCUT2D eigenvalue weighted by Crippen LogP contribution is 2.26. The summed E-state index contributed by atoms with van der Waals surface area (Å²) in [5.74, 6) is -0.309. The Balaban J connectivity index is 1.45. The quantitative estimate of drug-likeness (QED) is 0.321. The Labute approximate surface area is 240 Å². The average Bonchev–Trinajstić information content (AvgIpc) is 3.46. The van der Waals surface area contributed by atoms with E-state index in [0.29, 0.717) is 53.7 Å². The number of hydrogen-bond donors (Lipinski definition) is 1. The van der Waals surface area contributed by atoms with E-state index < -0.39 is 0 Å². The summed E-state index contributed by atoms with van der Waals surface area (Å²) in [6.45, 7) is 9.68. The van der Waals surface area contributed by atoms with Crippen LogP contribution in [0.2, 0.25) is 0 Å². The largest absolute Gasteiger partial charge is 0.379 e. The van der Waals surface area contributed by atoms with E-state index in [0.717, 1.165) is 34.4 Å². The second-order valence-corrected chi connectivity index (χ2v) is 11.5. The highest BCUT2D eigenvalue weighted by molar-refractivity contribution is 7.20. The standard InChI is InChI=1S/C30H32N6O4S/c1-19-14-20(2)16-22(15-19)31-26(37)18-35-24-17-27(38)34(9-8-33-10-12-40-13-11-33)21(3)28(24)29(39)36(35)30-32-23-6-4-5-7-25(23)41-30/h4-7,14-17H,8-13,18H2,1-3H3,(H,31,37). The molecule has 1 aliphatic rings. The van der Waals surface area contributed by atoms with Crippen LogP contribution in [-0.4, -0.2) is 62.6 Å². The summed E-state index contributed by atoms with van der Waals surface area (Å²) in [5.41, 5.74) is 3.97. The summed E-state index contributed by atoms with van der Waals surface area (Å²) < 4.78 is 11.0. The Bertz CT molecular complexity index is 1840. The minimum Gasteiger partial charge on any atom is -0.379 e. The van der Waals surface area contributed by atoms with Gasteiger partial charge in [-0.25, -0.2) is 4.98 Å². The lowest BCUT2D eigenvalue weighted by atomic mass is 10.1. The van der Waals surface area contributed by atoms with Crippen molar-refractivity contribution in [1.82, 2.24) is 23.8 Å². The molecule has 1 aliphatic heterocycles. The third-order valence-corrected chi connectivity index (χ3v) is 8.49. The third kappa shape index (κ3) is 5.35. The van der Waals surface area contributed by atoms with Crippen LogP contribution in [0, 0.1) is 20.8 Å². The summed E-state index contributed by atoms with van der Waals surface area (Å²) in [4.78, 5) is 47.8. The number of aromatic nitrogens is 4. The molecule has 0 radical (unpaired) electrons. The maximum atomic E-state index is 14.1. The number of carbonyl (C=O) groups is 1. The fourth-order valence-corrected chi connectivity index (χ4v) is 6.54. The zero-order valence-corrected chi connectivity index (χ0v) is 24.2. The second-order valence-electron chi connectivity index (χ2n) is 10.5. The topological polar surface area (TPSA) is 103 Å². The number of amides is 1. The number of pyridine rings is 1. The number of fused-ring (bicyclic) bond motifs is 2. The molecule has 2 aromatic carbocycles. The predicted molar refractivity (Wildman–Crippen MR) is 162 cm³/mol. The van der Waals surface area contributed by atoms with E-state index >= 15 is 0 Å². The van der Waals surface area contributed by atoms with Gasteiger partial charge in [-0.1, -0.05) is 29.5 Å². The van der Waals surface area contributed by atoms with Crippen LogP contribution < -0.4 is 16.4 Å². The zero-order chi connectivity index (χ0) is 28.7. The average molecular weight is 573 g/mol. The fourth-order valence-electron chi connectivity index (χ4n) is 5.57. The summed E-state index contributed by atoms with van der Waals surface area (Å²) in [7, 11) is 0. The molecule has 11 heteroatoms. The monoisotopic (exact) mass is 572 g/mol. The van der Waals surface area contributed by atoms with Crippen molar-refractivity contribution >= 4 is 44.1 Å². The summed E-state index contributed by atoms with van der Waals surface area (Å²) >= 11 is 1.37. The van der Waals surface area contributed by atoms with E-state index in [4.69, 9.17) is 9.72 Å².